The monoisotopic (exact) mass is 192 g/mol. The minimum atomic E-state index is -2.58. The fourth-order valence-electron chi connectivity index (χ4n) is 0.656. The third kappa shape index (κ3) is 2.23. The van der Waals surface area contributed by atoms with E-state index in [1.165, 1.54) is 5.38 Å². The maximum atomic E-state index is 11.9. The number of alkyl halides is 2. The van der Waals surface area contributed by atoms with Crippen LogP contribution >= 0.6 is 11.3 Å². The number of hydrogen-bond donors (Lipinski definition) is 1. The Hall–Kier alpha value is -1.04. The van der Waals surface area contributed by atoms with Gasteiger partial charge in [-0.15, -0.1) is 11.3 Å². The third-order valence-corrected chi connectivity index (χ3v) is 1.99. The van der Waals surface area contributed by atoms with Crippen molar-refractivity contribution >= 4 is 17.2 Å². The molecule has 0 aliphatic rings. The number of carbonyl (C=O) groups excluding carboxylic acids is 1. The molecule has 0 aliphatic carbocycles. The van der Waals surface area contributed by atoms with Crippen molar-refractivity contribution in [1.82, 2.24) is 4.98 Å². The molecule has 0 saturated carbocycles. The van der Waals surface area contributed by atoms with Crippen LogP contribution in [0.1, 0.15) is 17.1 Å². The summed E-state index contributed by atoms with van der Waals surface area (Å²) in [4.78, 5) is 13.9. The van der Waals surface area contributed by atoms with Crippen molar-refractivity contribution in [2.45, 2.75) is 12.8 Å². The van der Waals surface area contributed by atoms with E-state index in [0.29, 0.717) is 5.01 Å². The summed E-state index contributed by atoms with van der Waals surface area (Å²) in [6.07, 6.45) is -2.65. The first-order valence-corrected chi connectivity index (χ1v) is 3.98. The van der Waals surface area contributed by atoms with Crippen molar-refractivity contribution in [2.75, 3.05) is 0 Å². The average molecular weight is 192 g/mol. The van der Waals surface area contributed by atoms with Gasteiger partial charge < -0.3 is 5.73 Å². The minimum Gasteiger partial charge on any atom is -0.369 e. The summed E-state index contributed by atoms with van der Waals surface area (Å²) >= 11 is 1.01. The summed E-state index contributed by atoms with van der Waals surface area (Å²) < 4.78 is 23.9. The SMILES string of the molecule is NC(=O)Cc1nc(C(F)F)cs1. The zero-order valence-corrected chi connectivity index (χ0v) is 6.78. The maximum absolute atomic E-state index is 11.9. The van der Waals surface area contributed by atoms with Gasteiger partial charge in [-0.2, -0.15) is 0 Å². The molecule has 1 rings (SSSR count). The first-order valence-electron chi connectivity index (χ1n) is 3.10. The second-order valence-corrected chi connectivity index (χ2v) is 3.05. The van der Waals surface area contributed by atoms with E-state index in [0.717, 1.165) is 11.3 Å². The van der Waals surface area contributed by atoms with Gasteiger partial charge in [-0.3, -0.25) is 4.79 Å². The van der Waals surface area contributed by atoms with Crippen LogP contribution in [-0.2, 0) is 11.2 Å². The molecule has 1 amide bonds. The zero-order chi connectivity index (χ0) is 9.14. The predicted octanol–water partition coefficient (Wildman–Crippen LogP) is 1.11. The molecule has 0 spiro atoms. The number of primary amides is 1. The van der Waals surface area contributed by atoms with Crippen LogP contribution in [0.15, 0.2) is 5.38 Å². The second kappa shape index (κ2) is 3.57. The molecule has 0 bridgehead atoms. The molecule has 12 heavy (non-hydrogen) atoms. The Labute approximate surface area is 71.2 Å². The largest absolute Gasteiger partial charge is 0.369 e. The standard InChI is InChI=1S/C6H6F2N2OS/c7-6(8)3-2-12-5(10-3)1-4(9)11/h2,6H,1H2,(H2,9,11). The lowest BCUT2D eigenvalue weighted by Crippen LogP contribution is -2.13. The lowest BCUT2D eigenvalue weighted by atomic mass is 10.4. The van der Waals surface area contributed by atoms with E-state index in [2.05, 4.69) is 4.98 Å². The average Bonchev–Trinajstić information content (AvgIpc) is 2.34. The maximum Gasteiger partial charge on any atom is 0.281 e. The molecule has 0 aliphatic heterocycles. The Balaban J connectivity index is 2.70. The van der Waals surface area contributed by atoms with E-state index in [1.807, 2.05) is 0 Å². The summed E-state index contributed by atoms with van der Waals surface area (Å²) in [5.74, 6) is -0.565. The van der Waals surface area contributed by atoms with Crippen molar-refractivity contribution in [3.05, 3.63) is 16.1 Å². The van der Waals surface area contributed by atoms with Crippen LogP contribution in [0.3, 0.4) is 0 Å². The van der Waals surface area contributed by atoms with Crippen molar-refractivity contribution in [3.63, 3.8) is 0 Å². The normalized spacial score (nSPS) is 10.6. The molecule has 6 heteroatoms. The number of aromatic nitrogens is 1. The molecule has 0 fully saturated rings. The molecule has 1 aromatic heterocycles. The van der Waals surface area contributed by atoms with Crippen LogP contribution in [0.4, 0.5) is 8.78 Å². The molecule has 1 aromatic rings. The fourth-order valence-corrected chi connectivity index (χ4v) is 1.45. The first-order chi connectivity index (χ1) is 5.59. The Morgan fingerprint density at radius 1 is 1.75 bits per heavy atom. The molecule has 0 saturated heterocycles. The van der Waals surface area contributed by atoms with Gasteiger partial charge in [0, 0.05) is 5.38 Å². The Morgan fingerprint density at radius 3 is 2.83 bits per heavy atom. The van der Waals surface area contributed by atoms with Gasteiger partial charge in [-0.1, -0.05) is 0 Å². The number of rotatable bonds is 3. The van der Waals surface area contributed by atoms with Gasteiger partial charge in [-0.25, -0.2) is 13.8 Å². The number of thiazole rings is 1. The Bertz CT molecular complexity index is 287. The van der Waals surface area contributed by atoms with Crippen molar-refractivity contribution in [1.29, 1.82) is 0 Å². The highest BCUT2D eigenvalue weighted by molar-refractivity contribution is 7.09. The molecular formula is C6H6F2N2OS. The molecule has 66 valence electrons. The molecular weight excluding hydrogens is 186 g/mol. The number of carbonyl (C=O) groups is 1. The number of halogens is 2. The van der Waals surface area contributed by atoms with Gasteiger partial charge in [-0.05, 0) is 0 Å². The van der Waals surface area contributed by atoms with Gasteiger partial charge in [0.1, 0.15) is 10.7 Å². The summed E-state index contributed by atoms with van der Waals surface area (Å²) in [7, 11) is 0. The molecule has 0 atom stereocenters. The highest BCUT2D eigenvalue weighted by atomic mass is 32.1. The summed E-state index contributed by atoms with van der Waals surface area (Å²) in [6.45, 7) is 0. The molecule has 0 radical (unpaired) electrons. The molecule has 1 heterocycles. The van der Waals surface area contributed by atoms with Gasteiger partial charge in [0.25, 0.3) is 6.43 Å². The van der Waals surface area contributed by atoms with E-state index in [9.17, 15) is 13.6 Å². The van der Waals surface area contributed by atoms with Crippen LogP contribution in [0.5, 0.6) is 0 Å². The zero-order valence-electron chi connectivity index (χ0n) is 5.96. The lowest BCUT2D eigenvalue weighted by Gasteiger charge is -1.90. The van der Waals surface area contributed by atoms with Crippen molar-refractivity contribution < 1.29 is 13.6 Å². The van der Waals surface area contributed by atoms with Gasteiger partial charge in [0.15, 0.2) is 0 Å². The fraction of sp³-hybridized carbons (Fsp3) is 0.333. The van der Waals surface area contributed by atoms with Crippen LogP contribution < -0.4 is 5.73 Å². The van der Waals surface area contributed by atoms with Gasteiger partial charge in [0.05, 0.1) is 6.42 Å². The number of hydrogen-bond acceptors (Lipinski definition) is 3. The topological polar surface area (TPSA) is 56.0 Å². The lowest BCUT2D eigenvalue weighted by molar-refractivity contribution is -0.117. The summed E-state index contributed by atoms with van der Waals surface area (Å²) in [5.41, 5.74) is 4.55. The van der Waals surface area contributed by atoms with Crippen LogP contribution in [0.2, 0.25) is 0 Å². The highest BCUT2D eigenvalue weighted by Gasteiger charge is 2.12. The van der Waals surface area contributed by atoms with Crippen molar-refractivity contribution in [3.8, 4) is 0 Å². The summed E-state index contributed by atoms with van der Waals surface area (Å²) in [6, 6.07) is 0. The van der Waals surface area contributed by atoms with E-state index >= 15 is 0 Å². The third-order valence-electron chi connectivity index (χ3n) is 1.12. The number of nitrogens with zero attached hydrogens (tertiary/aromatic N) is 1. The first kappa shape index (κ1) is 9.05. The van der Waals surface area contributed by atoms with E-state index < -0.39 is 12.3 Å². The minimum absolute atomic E-state index is 0.0720. The number of nitrogens with two attached hydrogens (primary N) is 1. The van der Waals surface area contributed by atoms with Crippen LogP contribution in [0.25, 0.3) is 0 Å². The highest BCUT2D eigenvalue weighted by Crippen LogP contribution is 2.20. The smallest absolute Gasteiger partial charge is 0.281 e. The van der Waals surface area contributed by atoms with Gasteiger partial charge in [0.2, 0.25) is 5.91 Å². The van der Waals surface area contributed by atoms with E-state index in [4.69, 9.17) is 5.73 Å². The quantitative estimate of drug-likeness (QED) is 0.779. The molecule has 3 nitrogen and oxygen atoms in total. The molecule has 0 unspecified atom stereocenters. The molecule has 0 aromatic carbocycles. The van der Waals surface area contributed by atoms with Gasteiger partial charge >= 0.3 is 0 Å². The summed E-state index contributed by atoms with van der Waals surface area (Å²) in [5, 5.41) is 1.56. The second-order valence-electron chi connectivity index (χ2n) is 2.11. The number of amides is 1. The van der Waals surface area contributed by atoms with Crippen LogP contribution in [0, 0.1) is 0 Å². The van der Waals surface area contributed by atoms with E-state index in [1.54, 1.807) is 0 Å². The van der Waals surface area contributed by atoms with Crippen molar-refractivity contribution in [2.24, 2.45) is 5.73 Å². The van der Waals surface area contributed by atoms with E-state index in [-0.39, 0.29) is 12.1 Å². The Kier molecular flexibility index (Phi) is 2.69. The predicted molar refractivity (Wildman–Crippen MR) is 40.0 cm³/mol. The Morgan fingerprint density at radius 2 is 2.42 bits per heavy atom. The molecule has 2 N–H and O–H groups in total. The van der Waals surface area contributed by atoms with Crippen LogP contribution in [-0.4, -0.2) is 10.9 Å².